The van der Waals surface area contributed by atoms with E-state index < -0.39 is 11.2 Å². The van der Waals surface area contributed by atoms with E-state index in [0.717, 1.165) is 63.1 Å². The topological polar surface area (TPSA) is 140 Å². The molecule has 0 saturated heterocycles. The smallest absolute Gasteiger partial charge is 0.410 e. The van der Waals surface area contributed by atoms with Gasteiger partial charge in [0.2, 0.25) is 5.91 Å². The first kappa shape index (κ1) is 40.6. The maximum Gasteiger partial charge on any atom is 0.410 e. The summed E-state index contributed by atoms with van der Waals surface area (Å²) in [5.41, 5.74) is 14.2. The molecule has 3 amide bonds. The van der Waals surface area contributed by atoms with Crippen LogP contribution in [0.1, 0.15) is 80.5 Å². The van der Waals surface area contributed by atoms with Gasteiger partial charge in [0.25, 0.3) is 0 Å². The molecule has 2 aliphatic heterocycles. The molecular weight excluding hydrogens is 797 g/mol. The Morgan fingerprint density at radius 2 is 1.16 bits per heavy atom. The molecule has 2 aliphatic rings. The van der Waals surface area contributed by atoms with Gasteiger partial charge < -0.3 is 30.3 Å². The second-order valence-corrected chi connectivity index (χ2v) is 20.7. The molecule has 11 nitrogen and oxygen atoms in total. The summed E-state index contributed by atoms with van der Waals surface area (Å²) < 4.78 is 13.4. The van der Waals surface area contributed by atoms with Crippen LogP contribution in [0.25, 0.3) is 41.6 Å². The molecule has 2 aromatic carbocycles. The van der Waals surface area contributed by atoms with Crippen LogP contribution in [-0.2, 0) is 40.2 Å². The summed E-state index contributed by atoms with van der Waals surface area (Å²) in [6.07, 6.45) is 0.901. The van der Waals surface area contributed by atoms with Crippen molar-refractivity contribution >= 4 is 93.9 Å². The Labute approximate surface area is 348 Å². The number of hydrogen-bond acceptors (Lipinski definition) is 12. The van der Waals surface area contributed by atoms with Crippen LogP contribution in [0.15, 0.2) is 36.4 Å². The van der Waals surface area contributed by atoms with Gasteiger partial charge in [-0.25, -0.2) is 19.6 Å². The van der Waals surface area contributed by atoms with Crippen molar-refractivity contribution in [1.82, 2.24) is 19.8 Å². The van der Waals surface area contributed by atoms with Gasteiger partial charge in [-0.05, 0) is 115 Å². The standard InChI is InChI=1S/C22H25N3O3S2.C20H23N3O2S2/c1-12-6-7-15-16(10-12)29-20(24-15)18-14-8-9-25(21(27)28-22(3,4)5)11-17(14)30-19(18)23-13(2)26;1-11-5-6-13-14(9-11)27-18(22-13)16-12-7-8-23(10-15(12)26-17(16)21)19(24)25-20(2,3)4/h6-7,10H,8-9,11H2,1-5H3,(H,23,26);5-6,9H,7-8,10,21H2,1-4H3. The van der Waals surface area contributed by atoms with Gasteiger partial charge in [0.05, 0.1) is 38.5 Å². The van der Waals surface area contributed by atoms with Crippen molar-refractivity contribution in [2.24, 2.45) is 0 Å². The maximum atomic E-state index is 12.5. The SMILES string of the molecule is CC(=O)Nc1sc2c(c1-c1nc3ccc(C)cc3s1)CCN(C(=O)OC(C)(C)C)C2.Cc1ccc2nc(-c3c(N)sc4c3CCN(C(=O)OC(C)(C)C)C4)sc2c1. The lowest BCUT2D eigenvalue weighted by Gasteiger charge is -2.30. The monoisotopic (exact) mass is 844 g/mol. The molecule has 0 aliphatic carbocycles. The van der Waals surface area contributed by atoms with E-state index in [1.807, 2.05) is 47.6 Å². The number of ether oxygens (including phenoxy) is 2. The van der Waals surface area contributed by atoms with Gasteiger partial charge in [0.1, 0.15) is 26.2 Å². The molecule has 15 heteroatoms. The number of thiophene rings is 2. The summed E-state index contributed by atoms with van der Waals surface area (Å²) in [5, 5.41) is 6.43. The minimum atomic E-state index is -0.529. The highest BCUT2D eigenvalue weighted by Crippen LogP contribution is 2.47. The van der Waals surface area contributed by atoms with Crippen molar-refractivity contribution in [3.8, 4) is 21.1 Å². The van der Waals surface area contributed by atoms with Crippen LogP contribution in [-0.4, -0.2) is 62.2 Å². The molecule has 4 aromatic heterocycles. The number of carbonyl (C=O) groups is 3. The molecular formula is C42H48N6O5S4. The van der Waals surface area contributed by atoms with Gasteiger partial charge in [-0.2, -0.15) is 0 Å². The summed E-state index contributed by atoms with van der Waals surface area (Å²) in [7, 11) is 0. The predicted octanol–water partition coefficient (Wildman–Crippen LogP) is 10.8. The molecule has 57 heavy (non-hydrogen) atoms. The first-order chi connectivity index (χ1) is 26.8. The Kier molecular flexibility index (Phi) is 11.2. The number of amides is 3. The number of nitrogens with zero attached hydrogens (tertiary/aromatic N) is 4. The zero-order valence-electron chi connectivity index (χ0n) is 33.7. The van der Waals surface area contributed by atoms with E-state index in [2.05, 4.69) is 49.5 Å². The molecule has 0 spiro atoms. The largest absolute Gasteiger partial charge is 0.444 e. The van der Waals surface area contributed by atoms with Gasteiger partial charge >= 0.3 is 12.2 Å². The third kappa shape index (κ3) is 9.11. The number of hydrogen-bond donors (Lipinski definition) is 2. The van der Waals surface area contributed by atoms with Crippen molar-refractivity contribution in [1.29, 1.82) is 0 Å². The number of nitrogens with two attached hydrogens (primary N) is 1. The van der Waals surface area contributed by atoms with E-state index in [0.29, 0.717) is 32.6 Å². The molecule has 0 atom stereocenters. The van der Waals surface area contributed by atoms with E-state index >= 15 is 0 Å². The molecule has 0 radical (unpaired) electrons. The van der Waals surface area contributed by atoms with E-state index in [1.165, 1.54) is 45.2 Å². The summed E-state index contributed by atoms with van der Waals surface area (Å²) in [5.74, 6) is -0.115. The highest BCUT2D eigenvalue weighted by atomic mass is 32.1. The number of fused-ring (bicyclic) bond motifs is 4. The van der Waals surface area contributed by atoms with Crippen molar-refractivity contribution < 1.29 is 23.9 Å². The average Bonchev–Trinajstić information content (AvgIpc) is 3.87. The number of anilines is 2. The molecule has 0 bridgehead atoms. The second kappa shape index (κ2) is 15.6. The Morgan fingerprint density at radius 3 is 1.63 bits per heavy atom. The normalized spacial score (nSPS) is 14.2. The van der Waals surface area contributed by atoms with Crippen LogP contribution in [0.4, 0.5) is 19.6 Å². The number of thiazole rings is 2. The van der Waals surface area contributed by atoms with Gasteiger partial charge in [-0.3, -0.25) is 4.79 Å². The average molecular weight is 845 g/mol. The van der Waals surface area contributed by atoms with Crippen LogP contribution < -0.4 is 11.1 Å². The molecule has 0 unspecified atom stereocenters. The van der Waals surface area contributed by atoms with Crippen molar-refractivity contribution in [3.63, 3.8) is 0 Å². The Balaban J connectivity index is 0.000000175. The van der Waals surface area contributed by atoms with E-state index in [-0.39, 0.29) is 18.1 Å². The number of rotatable bonds is 3. The molecule has 0 saturated carbocycles. The minimum Gasteiger partial charge on any atom is -0.444 e. The van der Waals surface area contributed by atoms with Gasteiger partial charge in [0.15, 0.2) is 0 Å². The number of benzene rings is 2. The molecule has 8 rings (SSSR count). The van der Waals surface area contributed by atoms with E-state index in [9.17, 15) is 14.4 Å². The van der Waals surface area contributed by atoms with Gasteiger partial charge in [-0.1, -0.05) is 12.1 Å². The van der Waals surface area contributed by atoms with Crippen LogP contribution in [0.5, 0.6) is 0 Å². The Bertz CT molecular complexity index is 2520. The van der Waals surface area contributed by atoms with Crippen LogP contribution in [0, 0.1) is 13.8 Å². The van der Waals surface area contributed by atoms with Crippen LogP contribution >= 0.6 is 45.3 Å². The minimum absolute atomic E-state index is 0.115. The zero-order chi connectivity index (χ0) is 41.0. The van der Waals surface area contributed by atoms with Crippen molar-refractivity contribution in [2.75, 3.05) is 24.1 Å². The summed E-state index contributed by atoms with van der Waals surface area (Å²) in [6, 6.07) is 12.5. The quantitative estimate of drug-likeness (QED) is 0.179. The number of carbonyl (C=O) groups excluding carboxylic acids is 3. The Morgan fingerprint density at radius 1 is 0.702 bits per heavy atom. The highest BCUT2D eigenvalue weighted by molar-refractivity contribution is 7.23. The number of nitrogen functional groups attached to an aromatic ring is 1. The van der Waals surface area contributed by atoms with Gasteiger partial charge in [0, 0.05) is 40.9 Å². The first-order valence-electron chi connectivity index (χ1n) is 18.8. The first-order valence-corrected chi connectivity index (χ1v) is 22.1. The van der Waals surface area contributed by atoms with Crippen molar-refractivity contribution in [2.45, 2.75) is 99.4 Å². The van der Waals surface area contributed by atoms with Gasteiger partial charge in [-0.15, -0.1) is 45.3 Å². The number of aryl methyl sites for hydroxylation is 2. The molecule has 0 fully saturated rings. The lowest BCUT2D eigenvalue weighted by molar-refractivity contribution is -0.114. The lowest BCUT2D eigenvalue weighted by Crippen LogP contribution is -2.39. The predicted molar refractivity (Wildman–Crippen MR) is 235 cm³/mol. The number of nitrogens with one attached hydrogen (secondary N) is 1. The summed E-state index contributed by atoms with van der Waals surface area (Å²) in [6.45, 7) is 19.2. The zero-order valence-corrected chi connectivity index (χ0v) is 37.0. The summed E-state index contributed by atoms with van der Waals surface area (Å²) >= 11 is 6.40. The maximum absolute atomic E-state index is 12.5. The molecule has 6 aromatic rings. The highest BCUT2D eigenvalue weighted by Gasteiger charge is 2.32. The Hall–Kier alpha value is -4.57. The molecule has 6 heterocycles. The van der Waals surface area contributed by atoms with E-state index in [4.69, 9.17) is 25.2 Å². The fourth-order valence-corrected chi connectivity index (χ4v) is 11.6. The summed E-state index contributed by atoms with van der Waals surface area (Å²) in [4.78, 5) is 52.1. The lowest BCUT2D eigenvalue weighted by atomic mass is 10.0. The molecule has 3 N–H and O–H groups in total. The van der Waals surface area contributed by atoms with Crippen molar-refractivity contribution in [3.05, 3.63) is 68.4 Å². The third-order valence-electron chi connectivity index (χ3n) is 9.25. The third-order valence-corrected chi connectivity index (χ3v) is 13.5. The van der Waals surface area contributed by atoms with Crippen LogP contribution in [0.2, 0.25) is 0 Å². The van der Waals surface area contributed by atoms with E-state index in [1.54, 1.807) is 43.8 Å². The fourth-order valence-electron chi connectivity index (χ4n) is 6.78. The van der Waals surface area contributed by atoms with Crippen LogP contribution in [0.3, 0.4) is 0 Å². The number of aromatic nitrogens is 2. The fraction of sp³-hybridized carbons (Fsp3) is 0.405. The second-order valence-electron chi connectivity index (χ2n) is 16.4. The molecule has 300 valence electrons.